The van der Waals surface area contributed by atoms with Gasteiger partial charge in [-0.25, -0.2) is 9.97 Å². The molecule has 0 aliphatic heterocycles. The van der Waals surface area contributed by atoms with Crippen molar-refractivity contribution in [2.24, 2.45) is 5.73 Å². The topological polar surface area (TPSA) is 51.8 Å². The fourth-order valence-electron chi connectivity index (χ4n) is 0.678. The van der Waals surface area contributed by atoms with Gasteiger partial charge in [0.05, 0.1) is 0 Å². The van der Waals surface area contributed by atoms with Crippen LogP contribution in [-0.2, 0) is 6.42 Å². The van der Waals surface area contributed by atoms with Crippen LogP contribution in [0.3, 0.4) is 0 Å². The van der Waals surface area contributed by atoms with Crippen molar-refractivity contribution < 1.29 is 0 Å². The normalized spacial score (nSPS) is 8.91. The number of aromatic nitrogens is 2. The highest BCUT2D eigenvalue weighted by molar-refractivity contribution is 5.85. The maximum absolute atomic E-state index is 5.32. The first-order valence-electron chi connectivity index (χ1n) is 3.30. The van der Waals surface area contributed by atoms with Crippen LogP contribution in [0.2, 0.25) is 0 Å². The Bertz CT molecular complexity index is 197. The molecule has 0 saturated carbocycles. The third-order valence-corrected chi connectivity index (χ3v) is 1.20. The molecular weight excluding hydrogens is 162 g/mol. The van der Waals surface area contributed by atoms with E-state index < -0.39 is 0 Å². The van der Waals surface area contributed by atoms with E-state index in [1.807, 2.05) is 6.92 Å². The van der Waals surface area contributed by atoms with Crippen molar-refractivity contribution in [1.82, 2.24) is 9.97 Å². The van der Waals surface area contributed by atoms with E-state index in [1.54, 1.807) is 12.4 Å². The Hall–Kier alpha value is -0.670. The monoisotopic (exact) mass is 173 g/mol. The second kappa shape index (κ2) is 5.04. The lowest BCUT2D eigenvalue weighted by molar-refractivity contribution is 0.862. The number of aryl methyl sites for hydroxylation is 1. The quantitative estimate of drug-likeness (QED) is 0.717. The molecule has 3 nitrogen and oxygen atoms in total. The van der Waals surface area contributed by atoms with Crippen LogP contribution in [0.1, 0.15) is 11.4 Å². The Balaban J connectivity index is 0.000001000. The summed E-state index contributed by atoms with van der Waals surface area (Å²) in [6.45, 7) is 2.58. The van der Waals surface area contributed by atoms with Crippen molar-refractivity contribution >= 4 is 12.4 Å². The molecule has 0 aromatic carbocycles. The number of halogens is 1. The van der Waals surface area contributed by atoms with Crippen LogP contribution in [-0.4, -0.2) is 16.5 Å². The van der Waals surface area contributed by atoms with Gasteiger partial charge in [0.1, 0.15) is 5.82 Å². The SMILES string of the molecule is Cc1cnc(CCN)nc1.Cl. The van der Waals surface area contributed by atoms with E-state index in [2.05, 4.69) is 9.97 Å². The van der Waals surface area contributed by atoms with Crippen LogP contribution >= 0.6 is 12.4 Å². The lowest BCUT2D eigenvalue weighted by Gasteiger charge is -1.95. The average Bonchev–Trinajstić information content (AvgIpc) is 1.95. The van der Waals surface area contributed by atoms with Gasteiger partial charge in [-0.15, -0.1) is 12.4 Å². The third-order valence-electron chi connectivity index (χ3n) is 1.20. The number of nitrogens with two attached hydrogens (primary N) is 1. The predicted octanol–water partition coefficient (Wildman–Crippen LogP) is 0.708. The van der Waals surface area contributed by atoms with E-state index in [9.17, 15) is 0 Å². The molecule has 1 heterocycles. The van der Waals surface area contributed by atoms with Gasteiger partial charge in [-0.05, 0) is 19.0 Å². The van der Waals surface area contributed by atoms with Crippen molar-refractivity contribution in [3.05, 3.63) is 23.8 Å². The fraction of sp³-hybridized carbons (Fsp3) is 0.429. The molecule has 62 valence electrons. The van der Waals surface area contributed by atoms with E-state index >= 15 is 0 Å². The second-order valence-corrected chi connectivity index (χ2v) is 2.22. The zero-order valence-corrected chi connectivity index (χ0v) is 7.27. The molecule has 11 heavy (non-hydrogen) atoms. The van der Waals surface area contributed by atoms with Gasteiger partial charge >= 0.3 is 0 Å². The van der Waals surface area contributed by atoms with E-state index in [1.165, 1.54) is 0 Å². The van der Waals surface area contributed by atoms with Crippen LogP contribution < -0.4 is 5.73 Å². The highest BCUT2D eigenvalue weighted by Gasteiger charge is 1.91. The summed E-state index contributed by atoms with van der Waals surface area (Å²) in [7, 11) is 0. The fourth-order valence-corrected chi connectivity index (χ4v) is 0.678. The minimum Gasteiger partial charge on any atom is -0.330 e. The number of hydrogen-bond acceptors (Lipinski definition) is 3. The maximum Gasteiger partial charge on any atom is 0.129 e. The molecule has 1 aromatic heterocycles. The van der Waals surface area contributed by atoms with E-state index in [0.717, 1.165) is 17.8 Å². The highest BCUT2D eigenvalue weighted by Crippen LogP contribution is 1.92. The van der Waals surface area contributed by atoms with Crippen LogP contribution in [0.25, 0.3) is 0 Å². The second-order valence-electron chi connectivity index (χ2n) is 2.22. The van der Waals surface area contributed by atoms with E-state index in [4.69, 9.17) is 5.73 Å². The summed E-state index contributed by atoms with van der Waals surface area (Å²) < 4.78 is 0. The van der Waals surface area contributed by atoms with Gasteiger partial charge in [-0.1, -0.05) is 0 Å². The van der Waals surface area contributed by atoms with Gasteiger partial charge in [-0.2, -0.15) is 0 Å². The van der Waals surface area contributed by atoms with Crippen molar-refractivity contribution in [2.45, 2.75) is 13.3 Å². The Kier molecular flexibility index (Phi) is 4.74. The van der Waals surface area contributed by atoms with Gasteiger partial charge in [0, 0.05) is 18.8 Å². The van der Waals surface area contributed by atoms with Gasteiger partial charge in [0.25, 0.3) is 0 Å². The summed E-state index contributed by atoms with van der Waals surface area (Å²) in [4.78, 5) is 8.15. The van der Waals surface area contributed by atoms with Crippen molar-refractivity contribution in [3.63, 3.8) is 0 Å². The molecule has 0 radical (unpaired) electrons. The summed E-state index contributed by atoms with van der Waals surface area (Å²) >= 11 is 0. The molecule has 1 aromatic rings. The smallest absolute Gasteiger partial charge is 0.129 e. The molecule has 0 unspecified atom stereocenters. The number of rotatable bonds is 2. The van der Waals surface area contributed by atoms with E-state index in [-0.39, 0.29) is 12.4 Å². The van der Waals surface area contributed by atoms with Crippen molar-refractivity contribution in [2.75, 3.05) is 6.54 Å². The van der Waals surface area contributed by atoms with Gasteiger partial charge in [-0.3, -0.25) is 0 Å². The first kappa shape index (κ1) is 10.3. The molecule has 0 fully saturated rings. The summed E-state index contributed by atoms with van der Waals surface area (Å²) in [5, 5.41) is 0. The summed E-state index contributed by atoms with van der Waals surface area (Å²) in [5.74, 6) is 0.827. The number of hydrogen-bond donors (Lipinski definition) is 1. The molecule has 4 heteroatoms. The van der Waals surface area contributed by atoms with Gasteiger partial charge < -0.3 is 5.73 Å². The van der Waals surface area contributed by atoms with Crippen LogP contribution in [0.4, 0.5) is 0 Å². The standard InChI is InChI=1S/C7H11N3.ClH/c1-6-4-9-7(2-3-8)10-5-6;/h4-5H,2-3,8H2,1H3;1H. The Morgan fingerprint density at radius 2 is 1.91 bits per heavy atom. The number of nitrogens with zero attached hydrogens (tertiary/aromatic N) is 2. The third kappa shape index (κ3) is 3.30. The van der Waals surface area contributed by atoms with Crippen molar-refractivity contribution in [1.29, 1.82) is 0 Å². The van der Waals surface area contributed by atoms with Crippen LogP contribution in [0, 0.1) is 6.92 Å². The Morgan fingerprint density at radius 1 is 1.36 bits per heavy atom. The lowest BCUT2D eigenvalue weighted by Crippen LogP contribution is -2.05. The predicted molar refractivity (Wildman–Crippen MR) is 46.8 cm³/mol. The molecule has 0 atom stereocenters. The van der Waals surface area contributed by atoms with Crippen LogP contribution in [0.5, 0.6) is 0 Å². The minimum absolute atomic E-state index is 0. The van der Waals surface area contributed by atoms with E-state index in [0.29, 0.717) is 6.54 Å². The first-order chi connectivity index (χ1) is 4.83. The lowest BCUT2D eigenvalue weighted by atomic mass is 10.3. The Morgan fingerprint density at radius 3 is 2.36 bits per heavy atom. The van der Waals surface area contributed by atoms with Gasteiger partial charge in [0.15, 0.2) is 0 Å². The van der Waals surface area contributed by atoms with Crippen molar-refractivity contribution in [3.8, 4) is 0 Å². The highest BCUT2D eigenvalue weighted by atomic mass is 35.5. The average molecular weight is 174 g/mol. The largest absolute Gasteiger partial charge is 0.330 e. The zero-order chi connectivity index (χ0) is 7.40. The maximum atomic E-state index is 5.32. The summed E-state index contributed by atoms with van der Waals surface area (Å²) in [6.07, 6.45) is 4.37. The molecule has 0 bridgehead atoms. The van der Waals surface area contributed by atoms with Gasteiger partial charge in [0.2, 0.25) is 0 Å². The molecule has 0 amide bonds. The molecule has 0 saturated heterocycles. The Labute approximate surface area is 72.5 Å². The molecule has 2 N–H and O–H groups in total. The first-order valence-corrected chi connectivity index (χ1v) is 3.30. The molecule has 0 spiro atoms. The zero-order valence-electron chi connectivity index (χ0n) is 6.45. The summed E-state index contributed by atoms with van der Waals surface area (Å²) in [5.41, 5.74) is 6.40. The minimum atomic E-state index is 0. The van der Waals surface area contributed by atoms with Crippen LogP contribution in [0.15, 0.2) is 12.4 Å². The molecule has 0 aliphatic rings. The molecule has 1 rings (SSSR count). The molecular formula is C7H12ClN3. The molecule has 0 aliphatic carbocycles. The summed E-state index contributed by atoms with van der Waals surface area (Å²) in [6, 6.07) is 0.